The zero-order valence-electron chi connectivity index (χ0n) is 7.25. The van der Waals surface area contributed by atoms with Gasteiger partial charge < -0.3 is 10.4 Å². The smallest absolute Gasteiger partial charge is 0.228 e. The SMILES string of the molecule is O=C1CC=C(O)c2cc(F)ccc2N1. The average Bonchev–Trinajstić information content (AvgIpc) is 2.29. The van der Waals surface area contributed by atoms with Gasteiger partial charge in [-0.05, 0) is 24.3 Å². The van der Waals surface area contributed by atoms with Crippen LogP contribution < -0.4 is 5.32 Å². The molecule has 0 unspecified atom stereocenters. The third kappa shape index (κ3) is 1.46. The molecule has 0 bridgehead atoms. The molecule has 0 saturated heterocycles. The molecule has 1 aromatic rings. The molecule has 0 fully saturated rings. The van der Waals surface area contributed by atoms with E-state index in [1.807, 2.05) is 0 Å². The van der Waals surface area contributed by atoms with Crippen molar-refractivity contribution in [1.29, 1.82) is 0 Å². The van der Waals surface area contributed by atoms with E-state index >= 15 is 0 Å². The zero-order chi connectivity index (χ0) is 10.1. The number of benzene rings is 1. The van der Waals surface area contributed by atoms with E-state index in [1.54, 1.807) is 0 Å². The van der Waals surface area contributed by atoms with Crippen LogP contribution in [0.2, 0.25) is 0 Å². The zero-order valence-corrected chi connectivity index (χ0v) is 7.25. The first-order chi connectivity index (χ1) is 6.66. The van der Waals surface area contributed by atoms with Crippen molar-refractivity contribution < 1.29 is 14.3 Å². The Hall–Kier alpha value is -1.84. The number of carbonyl (C=O) groups excluding carboxylic acids is 1. The molecule has 3 nitrogen and oxygen atoms in total. The lowest BCUT2D eigenvalue weighted by Gasteiger charge is -2.06. The van der Waals surface area contributed by atoms with E-state index < -0.39 is 5.82 Å². The Morgan fingerprint density at radius 3 is 3.00 bits per heavy atom. The molecule has 1 aliphatic heterocycles. The molecule has 2 N–H and O–H groups in total. The first-order valence-electron chi connectivity index (χ1n) is 4.16. The van der Waals surface area contributed by atoms with Gasteiger partial charge in [-0.2, -0.15) is 0 Å². The highest BCUT2D eigenvalue weighted by molar-refractivity contribution is 5.97. The van der Waals surface area contributed by atoms with Gasteiger partial charge in [-0.1, -0.05) is 0 Å². The molecular weight excluding hydrogens is 185 g/mol. The number of aliphatic hydroxyl groups is 1. The van der Waals surface area contributed by atoms with Crippen molar-refractivity contribution >= 4 is 17.4 Å². The number of amides is 1. The standard InChI is InChI=1S/C10H8FNO2/c11-6-1-2-8-7(5-6)9(13)3-4-10(14)12-8/h1-3,5,13H,4H2,(H,12,14). The first kappa shape index (κ1) is 8.74. The molecule has 4 heteroatoms. The minimum Gasteiger partial charge on any atom is -0.508 e. The molecule has 1 amide bonds. The van der Waals surface area contributed by atoms with Crippen molar-refractivity contribution in [3.05, 3.63) is 35.7 Å². The number of halogens is 1. The van der Waals surface area contributed by atoms with Gasteiger partial charge in [-0.15, -0.1) is 0 Å². The molecule has 72 valence electrons. The lowest BCUT2D eigenvalue weighted by molar-refractivity contribution is -0.115. The molecule has 1 heterocycles. The summed E-state index contributed by atoms with van der Waals surface area (Å²) in [6.07, 6.45) is 1.46. The highest BCUT2D eigenvalue weighted by Crippen LogP contribution is 2.26. The summed E-state index contributed by atoms with van der Waals surface area (Å²) >= 11 is 0. The fourth-order valence-electron chi connectivity index (χ4n) is 1.34. The lowest BCUT2D eigenvalue weighted by atomic mass is 10.1. The van der Waals surface area contributed by atoms with E-state index in [4.69, 9.17) is 0 Å². The van der Waals surface area contributed by atoms with Crippen LogP contribution in [0.15, 0.2) is 24.3 Å². The van der Waals surface area contributed by atoms with Gasteiger partial charge >= 0.3 is 0 Å². The summed E-state index contributed by atoms with van der Waals surface area (Å²) in [6, 6.07) is 3.85. The second kappa shape index (κ2) is 3.14. The summed E-state index contributed by atoms with van der Waals surface area (Å²) in [5.74, 6) is -0.736. The van der Waals surface area contributed by atoms with E-state index in [0.29, 0.717) is 11.3 Å². The number of hydrogen-bond acceptors (Lipinski definition) is 2. The maximum absolute atomic E-state index is 12.8. The largest absolute Gasteiger partial charge is 0.508 e. The van der Waals surface area contributed by atoms with Gasteiger partial charge in [0.1, 0.15) is 11.6 Å². The second-order valence-corrected chi connectivity index (χ2v) is 3.03. The number of anilines is 1. The van der Waals surface area contributed by atoms with E-state index in [9.17, 15) is 14.3 Å². The molecule has 2 rings (SSSR count). The van der Waals surface area contributed by atoms with Gasteiger partial charge in [0.2, 0.25) is 5.91 Å². The molecule has 0 spiro atoms. The topological polar surface area (TPSA) is 49.3 Å². The van der Waals surface area contributed by atoms with Crippen LogP contribution in [-0.4, -0.2) is 11.0 Å². The van der Waals surface area contributed by atoms with Gasteiger partial charge in [0.25, 0.3) is 0 Å². The van der Waals surface area contributed by atoms with Crippen LogP contribution in [0.25, 0.3) is 5.76 Å². The van der Waals surface area contributed by atoms with Crippen molar-refractivity contribution in [3.8, 4) is 0 Å². The molecule has 0 aliphatic carbocycles. The molecule has 1 aromatic carbocycles. The highest BCUT2D eigenvalue weighted by atomic mass is 19.1. The van der Waals surface area contributed by atoms with Crippen LogP contribution in [0.5, 0.6) is 0 Å². The number of rotatable bonds is 0. The van der Waals surface area contributed by atoms with E-state index in [0.717, 1.165) is 0 Å². The normalized spacial score (nSPS) is 15.2. The Bertz CT molecular complexity index is 426. The quantitative estimate of drug-likeness (QED) is 0.662. The van der Waals surface area contributed by atoms with Gasteiger partial charge in [0, 0.05) is 12.0 Å². The van der Waals surface area contributed by atoms with E-state index in [1.165, 1.54) is 24.3 Å². The monoisotopic (exact) mass is 193 g/mol. The Balaban J connectivity index is 2.57. The third-order valence-corrected chi connectivity index (χ3v) is 2.01. The van der Waals surface area contributed by atoms with Crippen LogP contribution in [0.1, 0.15) is 12.0 Å². The molecule has 0 atom stereocenters. The summed E-state index contributed by atoms with van der Waals surface area (Å²) in [5.41, 5.74) is 0.749. The summed E-state index contributed by atoms with van der Waals surface area (Å²) in [6.45, 7) is 0. The number of hydrogen-bond donors (Lipinski definition) is 2. The molecule has 0 aromatic heterocycles. The fraction of sp³-hybridized carbons (Fsp3) is 0.100. The number of nitrogens with one attached hydrogen (secondary N) is 1. The van der Waals surface area contributed by atoms with E-state index in [2.05, 4.69) is 5.32 Å². The molecular formula is C10H8FNO2. The summed E-state index contributed by atoms with van der Waals surface area (Å²) < 4.78 is 12.8. The molecule has 14 heavy (non-hydrogen) atoms. The fourth-order valence-corrected chi connectivity index (χ4v) is 1.34. The molecule has 0 radical (unpaired) electrons. The molecule has 1 aliphatic rings. The van der Waals surface area contributed by atoms with Gasteiger partial charge in [-0.25, -0.2) is 4.39 Å². The van der Waals surface area contributed by atoms with Crippen molar-refractivity contribution in [3.63, 3.8) is 0 Å². The summed E-state index contributed by atoms with van der Waals surface area (Å²) in [5, 5.41) is 12.0. The van der Waals surface area contributed by atoms with Crippen molar-refractivity contribution in [2.45, 2.75) is 6.42 Å². The first-order valence-corrected chi connectivity index (χ1v) is 4.16. The van der Waals surface area contributed by atoms with Gasteiger partial charge in [0.15, 0.2) is 0 Å². The minimum absolute atomic E-state index is 0.0714. The lowest BCUT2D eigenvalue weighted by Crippen LogP contribution is -2.09. The number of fused-ring (bicyclic) bond motifs is 1. The Labute approximate surface area is 79.9 Å². The second-order valence-electron chi connectivity index (χ2n) is 3.03. The predicted molar refractivity (Wildman–Crippen MR) is 50.3 cm³/mol. The Morgan fingerprint density at radius 1 is 1.43 bits per heavy atom. The maximum atomic E-state index is 12.8. The van der Waals surface area contributed by atoms with Crippen LogP contribution >= 0.6 is 0 Å². The number of carbonyl (C=O) groups is 1. The average molecular weight is 193 g/mol. The summed E-state index contributed by atoms with van der Waals surface area (Å²) in [4.78, 5) is 11.1. The number of aliphatic hydroxyl groups excluding tert-OH is 1. The van der Waals surface area contributed by atoms with Gasteiger partial charge in [-0.3, -0.25) is 4.79 Å². The van der Waals surface area contributed by atoms with Gasteiger partial charge in [0.05, 0.1) is 5.69 Å². The van der Waals surface area contributed by atoms with Crippen LogP contribution in [-0.2, 0) is 4.79 Å². The van der Waals surface area contributed by atoms with Crippen LogP contribution in [0.3, 0.4) is 0 Å². The predicted octanol–water partition coefficient (Wildman–Crippen LogP) is 2.07. The Kier molecular flexibility index (Phi) is 1.96. The van der Waals surface area contributed by atoms with Crippen LogP contribution in [0, 0.1) is 5.82 Å². The van der Waals surface area contributed by atoms with Crippen molar-refractivity contribution in [1.82, 2.24) is 0 Å². The third-order valence-electron chi connectivity index (χ3n) is 2.01. The minimum atomic E-state index is -0.445. The van der Waals surface area contributed by atoms with Crippen molar-refractivity contribution in [2.75, 3.05) is 5.32 Å². The van der Waals surface area contributed by atoms with Crippen LogP contribution in [0.4, 0.5) is 10.1 Å². The van der Waals surface area contributed by atoms with Crippen molar-refractivity contribution in [2.24, 2.45) is 0 Å². The highest BCUT2D eigenvalue weighted by Gasteiger charge is 2.14. The van der Waals surface area contributed by atoms with E-state index in [-0.39, 0.29) is 18.1 Å². The summed E-state index contributed by atoms with van der Waals surface area (Å²) in [7, 11) is 0. The Morgan fingerprint density at radius 2 is 2.21 bits per heavy atom. The molecule has 0 saturated carbocycles. The maximum Gasteiger partial charge on any atom is 0.228 e.